The molecule has 4 nitrogen and oxygen atoms in total. The third-order valence-electron chi connectivity index (χ3n) is 2.55. The number of nitrogens with zero attached hydrogens (tertiary/aromatic N) is 1. The molecular formula is C14H7Cl3N2O2. The van der Waals surface area contributed by atoms with E-state index in [0.29, 0.717) is 26.4 Å². The number of rotatable bonds is 3. The number of nitrogens with two attached hydrogens (primary N) is 1. The number of primary amides is 1. The van der Waals surface area contributed by atoms with Crippen molar-refractivity contribution in [2.75, 3.05) is 0 Å². The fourth-order valence-electron chi connectivity index (χ4n) is 1.64. The molecule has 1 aromatic carbocycles. The molecule has 21 heavy (non-hydrogen) atoms. The second-order valence-electron chi connectivity index (χ2n) is 3.98. The van der Waals surface area contributed by atoms with Crippen molar-refractivity contribution in [2.45, 2.75) is 0 Å². The number of halogens is 3. The summed E-state index contributed by atoms with van der Waals surface area (Å²) in [4.78, 5) is 11.0. The third-order valence-corrected chi connectivity index (χ3v) is 3.37. The highest BCUT2D eigenvalue weighted by Crippen LogP contribution is 2.38. The molecule has 1 amide bonds. The topological polar surface area (TPSA) is 80.0 Å². The molecule has 1 aromatic heterocycles. The van der Waals surface area contributed by atoms with Gasteiger partial charge in [-0.2, -0.15) is 5.26 Å². The summed E-state index contributed by atoms with van der Waals surface area (Å²) in [6, 6.07) is 7.93. The first-order chi connectivity index (χ1) is 9.92. The Balaban J connectivity index is 2.47. The van der Waals surface area contributed by atoms with E-state index < -0.39 is 5.91 Å². The first-order valence-electron chi connectivity index (χ1n) is 5.58. The molecule has 0 atom stereocenters. The molecule has 2 aromatic rings. The maximum atomic E-state index is 11.0. The Hall–Kier alpha value is -1.93. The molecule has 0 bridgehead atoms. The SMILES string of the molecule is N#CC(=Cc1ccc(-c2c(Cl)cc(Cl)cc2Cl)o1)C(N)=O. The van der Waals surface area contributed by atoms with Gasteiger partial charge in [-0.1, -0.05) is 34.8 Å². The first-order valence-corrected chi connectivity index (χ1v) is 6.72. The van der Waals surface area contributed by atoms with E-state index >= 15 is 0 Å². The van der Waals surface area contributed by atoms with E-state index in [2.05, 4.69) is 0 Å². The van der Waals surface area contributed by atoms with Gasteiger partial charge >= 0.3 is 0 Å². The fourth-order valence-corrected chi connectivity index (χ4v) is 2.65. The van der Waals surface area contributed by atoms with Gasteiger partial charge < -0.3 is 10.2 Å². The third kappa shape index (κ3) is 3.40. The first kappa shape index (κ1) is 15.5. The molecule has 0 fully saturated rings. The summed E-state index contributed by atoms with van der Waals surface area (Å²) in [6.07, 6.45) is 1.24. The Labute approximate surface area is 135 Å². The highest BCUT2D eigenvalue weighted by molar-refractivity contribution is 6.41. The van der Waals surface area contributed by atoms with Crippen LogP contribution in [-0.4, -0.2) is 5.91 Å². The van der Waals surface area contributed by atoms with Gasteiger partial charge in [0, 0.05) is 11.1 Å². The van der Waals surface area contributed by atoms with Crippen molar-refractivity contribution in [2.24, 2.45) is 5.73 Å². The number of carbonyl (C=O) groups is 1. The lowest BCUT2D eigenvalue weighted by Crippen LogP contribution is -2.12. The van der Waals surface area contributed by atoms with E-state index in [1.54, 1.807) is 18.2 Å². The Kier molecular flexibility index (Phi) is 4.59. The molecule has 2 rings (SSSR count). The van der Waals surface area contributed by atoms with Crippen molar-refractivity contribution in [1.29, 1.82) is 5.26 Å². The zero-order valence-electron chi connectivity index (χ0n) is 10.4. The van der Waals surface area contributed by atoms with Crippen LogP contribution in [0, 0.1) is 11.3 Å². The van der Waals surface area contributed by atoms with Crippen molar-refractivity contribution in [3.8, 4) is 17.4 Å². The standard InChI is InChI=1S/C14H7Cl3N2O2/c15-8-4-10(16)13(11(17)5-8)12-2-1-9(21-12)3-7(6-18)14(19)20/h1-5H,(H2,19,20). The molecule has 0 aliphatic carbocycles. The average molecular weight is 342 g/mol. The highest BCUT2D eigenvalue weighted by atomic mass is 35.5. The van der Waals surface area contributed by atoms with Gasteiger partial charge in [-0.25, -0.2) is 0 Å². The van der Waals surface area contributed by atoms with Gasteiger partial charge in [0.15, 0.2) is 0 Å². The number of furan rings is 1. The van der Waals surface area contributed by atoms with E-state index in [1.165, 1.54) is 18.2 Å². The molecule has 0 aliphatic heterocycles. The maximum Gasteiger partial charge on any atom is 0.259 e. The monoisotopic (exact) mass is 340 g/mol. The Morgan fingerprint density at radius 3 is 2.38 bits per heavy atom. The predicted octanol–water partition coefficient (Wildman–Crippen LogP) is 4.30. The molecule has 2 N–H and O–H groups in total. The second-order valence-corrected chi connectivity index (χ2v) is 5.23. The minimum Gasteiger partial charge on any atom is -0.457 e. The van der Waals surface area contributed by atoms with Crippen LogP contribution in [0.1, 0.15) is 5.76 Å². The molecule has 0 aliphatic rings. The van der Waals surface area contributed by atoms with E-state index in [1.807, 2.05) is 0 Å². The van der Waals surface area contributed by atoms with Crippen molar-refractivity contribution in [3.05, 3.63) is 50.7 Å². The number of benzene rings is 1. The number of carbonyl (C=O) groups excluding carboxylic acids is 1. The van der Waals surface area contributed by atoms with Gasteiger partial charge in [0.2, 0.25) is 0 Å². The quantitative estimate of drug-likeness (QED) is 0.667. The van der Waals surface area contributed by atoms with Crippen LogP contribution in [0.2, 0.25) is 15.1 Å². The number of hydrogen-bond acceptors (Lipinski definition) is 3. The van der Waals surface area contributed by atoms with Crippen molar-refractivity contribution < 1.29 is 9.21 Å². The number of amides is 1. The zero-order chi connectivity index (χ0) is 15.6. The summed E-state index contributed by atoms with van der Waals surface area (Å²) in [5, 5.41) is 9.84. The molecule has 0 radical (unpaired) electrons. The lowest BCUT2D eigenvalue weighted by atomic mass is 10.2. The van der Waals surface area contributed by atoms with Gasteiger partial charge in [0.05, 0.1) is 15.6 Å². The Bertz CT molecular complexity index is 765. The average Bonchev–Trinajstić information content (AvgIpc) is 2.82. The Morgan fingerprint density at radius 2 is 1.86 bits per heavy atom. The van der Waals surface area contributed by atoms with Gasteiger partial charge in [0.25, 0.3) is 5.91 Å². The van der Waals surface area contributed by atoms with Crippen LogP contribution in [0.15, 0.2) is 34.3 Å². The summed E-state index contributed by atoms with van der Waals surface area (Å²) in [7, 11) is 0. The zero-order valence-corrected chi connectivity index (χ0v) is 12.6. The number of nitriles is 1. The normalized spacial score (nSPS) is 11.2. The van der Waals surface area contributed by atoms with E-state index in [9.17, 15) is 4.79 Å². The molecule has 0 spiro atoms. The van der Waals surface area contributed by atoms with Gasteiger partial charge in [-0.15, -0.1) is 0 Å². The van der Waals surface area contributed by atoms with Gasteiger partial charge in [-0.3, -0.25) is 4.79 Å². The van der Waals surface area contributed by atoms with Crippen molar-refractivity contribution in [3.63, 3.8) is 0 Å². The molecule has 7 heteroatoms. The summed E-state index contributed by atoms with van der Waals surface area (Å²) < 4.78 is 5.51. The highest BCUT2D eigenvalue weighted by Gasteiger charge is 2.14. The second kappa shape index (κ2) is 6.23. The minimum absolute atomic E-state index is 0.218. The van der Waals surface area contributed by atoms with Crippen LogP contribution in [0.3, 0.4) is 0 Å². The molecule has 0 saturated carbocycles. The lowest BCUT2D eigenvalue weighted by molar-refractivity contribution is -0.114. The van der Waals surface area contributed by atoms with Gasteiger partial charge in [0.1, 0.15) is 23.2 Å². The van der Waals surface area contributed by atoms with Crippen LogP contribution in [-0.2, 0) is 4.79 Å². The summed E-state index contributed by atoms with van der Waals surface area (Å²) in [5.74, 6) is -0.171. The molecule has 0 unspecified atom stereocenters. The van der Waals surface area contributed by atoms with E-state index in [4.69, 9.17) is 50.2 Å². The van der Waals surface area contributed by atoms with E-state index in [0.717, 1.165) is 0 Å². The summed E-state index contributed by atoms with van der Waals surface area (Å²) in [5.41, 5.74) is 5.30. The Morgan fingerprint density at radius 1 is 1.24 bits per heavy atom. The van der Waals surface area contributed by atoms with Gasteiger partial charge in [-0.05, 0) is 24.3 Å². The van der Waals surface area contributed by atoms with Crippen molar-refractivity contribution >= 4 is 46.8 Å². The van der Waals surface area contributed by atoms with E-state index in [-0.39, 0.29) is 11.3 Å². The predicted molar refractivity (Wildman–Crippen MR) is 82.0 cm³/mol. The maximum absolute atomic E-state index is 11.0. The van der Waals surface area contributed by atoms with Crippen LogP contribution in [0.4, 0.5) is 0 Å². The fraction of sp³-hybridized carbons (Fsp3) is 0. The smallest absolute Gasteiger partial charge is 0.259 e. The summed E-state index contributed by atoms with van der Waals surface area (Å²) >= 11 is 18.0. The van der Waals surface area contributed by atoms with Crippen LogP contribution >= 0.6 is 34.8 Å². The molecule has 106 valence electrons. The van der Waals surface area contributed by atoms with Crippen molar-refractivity contribution in [1.82, 2.24) is 0 Å². The number of hydrogen-bond donors (Lipinski definition) is 1. The van der Waals surface area contributed by atoms with Crippen LogP contribution < -0.4 is 5.73 Å². The molecule has 1 heterocycles. The summed E-state index contributed by atoms with van der Waals surface area (Å²) in [6.45, 7) is 0. The van der Waals surface area contributed by atoms with Crippen LogP contribution in [0.5, 0.6) is 0 Å². The molecule has 0 saturated heterocycles. The lowest BCUT2D eigenvalue weighted by Gasteiger charge is -2.04. The van der Waals surface area contributed by atoms with Crippen LogP contribution in [0.25, 0.3) is 17.4 Å². The largest absolute Gasteiger partial charge is 0.457 e. The minimum atomic E-state index is -0.835. The molecular weight excluding hydrogens is 335 g/mol.